The monoisotopic (exact) mass is 757 g/mol. The van der Waals surface area contributed by atoms with Gasteiger partial charge in [-0.2, -0.15) is 5.48 Å². The first-order valence-corrected chi connectivity index (χ1v) is 17.0. The smallest absolute Gasteiger partial charge is 0.407 e. The van der Waals surface area contributed by atoms with E-state index in [9.17, 15) is 49.5 Å². The van der Waals surface area contributed by atoms with Gasteiger partial charge < -0.3 is 60.0 Å². The van der Waals surface area contributed by atoms with E-state index in [4.69, 9.17) is 23.8 Å². The molecule has 1 saturated heterocycles. The number of aliphatic hydroxyl groups excluding tert-OH is 4. The number of amides is 2. The Morgan fingerprint density at radius 1 is 0.925 bits per heavy atom. The summed E-state index contributed by atoms with van der Waals surface area (Å²) >= 11 is 0.762. The van der Waals surface area contributed by atoms with Crippen molar-refractivity contribution < 1.29 is 68.5 Å². The maximum Gasteiger partial charge on any atom is 0.407 e. The third-order valence-corrected chi connectivity index (χ3v) is 8.75. The van der Waals surface area contributed by atoms with Gasteiger partial charge in [-0.1, -0.05) is 17.8 Å². The van der Waals surface area contributed by atoms with Crippen molar-refractivity contribution in [2.75, 3.05) is 30.8 Å². The van der Waals surface area contributed by atoms with Crippen LogP contribution >= 0.6 is 11.8 Å². The third kappa shape index (κ3) is 9.59. The van der Waals surface area contributed by atoms with Crippen LogP contribution in [0.1, 0.15) is 23.2 Å². The Hall–Kier alpha value is -5.28. The molecule has 5 atom stereocenters. The Balaban J connectivity index is 1.06. The highest BCUT2D eigenvalue weighted by Crippen LogP contribution is 2.42. The second-order valence-corrected chi connectivity index (χ2v) is 12.7. The lowest BCUT2D eigenvalue weighted by molar-refractivity contribution is -0.285. The lowest BCUT2D eigenvalue weighted by Crippen LogP contribution is -2.60. The summed E-state index contributed by atoms with van der Waals surface area (Å²) in [5.74, 6) is -1.84. The lowest BCUT2D eigenvalue weighted by Gasteiger charge is -2.39. The third-order valence-electron chi connectivity index (χ3n) is 7.98. The molecule has 2 aromatic rings. The van der Waals surface area contributed by atoms with Crippen molar-refractivity contribution in [3.05, 3.63) is 70.4 Å². The SMILES string of the molecule is O=C(CCSC(=O)Nc1ccc(-c2c3ccc(=O)cc-3oc3cc(O)ccc23)c(C(=O)O)c1)ONCCCNC(=O)O[C@@H]1[C@@H](O)[C@H](O)[C@@H](CO)O[C@H]1O. The van der Waals surface area contributed by atoms with Gasteiger partial charge in [0.15, 0.2) is 17.8 Å². The average molecular weight is 758 g/mol. The second kappa shape index (κ2) is 17.5. The van der Waals surface area contributed by atoms with E-state index in [2.05, 4.69) is 16.1 Å². The average Bonchev–Trinajstić information content (AvgIpc) is 3.12. The van der Waals surface area contributed by atoms with Crippen molar-refractivity contribution in [2.24, 2.45) is 0 Å². The fraction of sp³-hybridized carbons (Fsp3) is 0.324. The van der Waals surface area contributed by atoms with E-state index in [1.54, 1.807) is 6.07 Å². The standard InChI is InChI=1S/C34H35N3O15S/c38-15-25-28(42)29(43)30(32(46)50-25)51-33(47)35-9-1-10-36-52-26(41)8-11-53-34(48)37-16-2-5-19(22(12-16)31(44)45)27-20-6-3-17(39)13-23(20)49-24-14-18(40)4-7-21(24)27/h2-7,12-14,25,28-30,32,36,38-39,42-43,46H,1,8-11,15H2,(H,35,47)(H,37,48)(H,44,45)/t25-,28-,29+,30-,32-/m1/s1. The molecule has 2 amide bonds. The molecule has 1 aliphatic carbocycles. The highest BCUT2D eigenvalue weighted by molar-refractivity contribution is 8.13. The summed E-state index contributed by atoms with van der Waals surface area (Å²) < 4.78 is 15.6. The number of carbonyl (C=O) groups excluding carboxylic acids is 3. The summed E-state index contributed by atoms with van der Waals surface area (Å²) in [4.78, 5) is 66.0. The Morgan fingerprint density at radius 2 is 1.70 bits per heavy atom. The molecule has 0 saturated carbocycles. The lowest BCUT2D eigenvalue weighted by atomic mass is 9.90. The van der Waals surface area contributed by atoms with Crippen LogP contribution in [-0.2, 0) is 19.1 Å². The van der Waals surface area contributed by atoms with Gasteiger partial charge in [0.1, 0.15) is 35.4 Å². The molecule has 0 radical (unpaired) electrons. The van der Waals surface area contributed by atoms with Crippen molar-refractivity contribution in [2.45, 2.75) is 43.5 Å². The summed E-state index contributed by atoms with van der Waals surface area (Å²) in [6, 6.07) is 12.8. The number of phenolic OH excluding ortho intramolecular Hbond substituents is 1. The minimum Gasteiger partial charge on any atom is -0.508 e. The first kappa shape index (κ1) is 38.9. The first-order chi connectivity index (χ1) is 25.4. The molecule has 3 aliphatic rings. The summed E-state index contributed by atoms with van der Waals surface area (Å²) in [6.45, 7) is -0.520. The van der Waals surface area contributed by atoms with E-state index < -0.39 is 60.6 Å². The van der Waals surface area contributed by atoms with Crippen LogP contribution in [0, 0.1) is 0 Å². The number of aliphatic hydroxyl groups is 4. The van der Waals surface area contributed by atoms with E-state index in [0.717, 1.165) is 11.8 Å². The molecule has 1 fully saturated rings. The largest absolute Gasteiger partial charge is 0.508 e. The van der Waals surface area contributed by atoms with Crippen LogP contribution in [0.25, 0.3) is 33.4 Å². The molecular weight excluding hydrogens is 722 g/mol. The van der Waals surface area contributed by atoms with Gasteiger partial charge in [-0.3, -0.25) is 14.4 Å². The van der Waals surface area contributed by atoms with Crippen molar-refractivity contribution >= 4 is 51.7 Å². The predicted octanol–water partition coefficient (Wildman–Crippen LogP) is 1.59. The number of hydroxylamine groups is 1. The number of hydrogen-bond donors (Lipinski definition) is 9. The van der Waals surface area contributed by atoms with Gasteiger partial charge in [-0.25, -0.2) is 9.59 Å². The fourth-order valence-corrected chi connectivity index (χ4v) is 6.09. The van der Waals surface area contributed by atoms with Crippen LogP contribution in [0.3, 0.4) is 0 Å². The molecule has 19 heteroatoms. The number of anilines is 1. The number of rotatable bonds is 13. The number of nitrogens with one attached hydrogen (secondary N) is 3. The van der Waals surface area contributed by atoms with Crippen molar-refractivity contribution in [3.8, 4) is 28.2 Å². The van der Waals surface area contributed by atoms with Crippen LogP contribution in [0.4, 0.5) is 15.3 Å². The van der Waals surface area contributed by atoms with E-state index in [1.165, 1.54) is 48.5 Å². The minimum absolute atomic E-state index is 0.0278. The van der Waals surface area contributed by atoms with Crippen LogP contribution in [0.5, 0.6) is 5.75 Å². The molecular formula is C34H35N3O15S. The van der Waals surface area contributed by atoms with Crippen LogP contribution in [-0.4, -0.2) is 110 Å². The number of thioether (sulfide) groups is 1. The molecule has 18 nitrogen and oxygen atoms in total. The molecule has 53 heavy (non-hydrogen) atoms. The molecule has 2 heterocycles. The number of carboxylic acids is 1. The second-order valence-electron chi connectivity index (χ2n) is 11.6. The molecule has 0 spiro atoms. The summed E-state index contributed by atoms with van der Waals surface area (Å²) in [5, 5.41) is 63.8. The van der Waals surface area contributed by atoms with E-state index >= 15 is 0 Å². The molecule has 9 N–H and O–H groups in total. The maximum atomic E-state index is 12.6. The molecule has 0 unspecified atom stereocenters. The summed E-state index contributed by atoms with van der Waals surface area (Å²) in [6.07, 6.45) is -8.82. The number of aromatic hydroxyl groups is 1. The van der Waals surface area contributed by atoms with E-state index in [0.29, 0.717) is 16.5 Å². The normalized spacial score (nSPS) is 19.8. The number of alkyl carbamates (subject to hydrolysis) is 1. The van der Waals surface area contributed by atoms with Gasteiger partial charge in [-0.15, -0.1) is 0 Å². The zero-order valence-electron chi connectivity index (χ0n) is 27.6. The van der Waals surface area contributed by atoms with Crippen molar-refractivity contribution in [1.82, 2.24) is 10.8 Å². The number of phenols is 1. The highest BCUT2D eigenvalue weighted by Gasteiger charge is 2.46. The number of hydrogen-bond acceptors (Lipinski definition) is 16. The number of aromatic carboxylic acids is 1. The zero-order chi connectivity index (χ0) is 38.2. The van der Waals surface area contributed by atoms with Gasteiger partial charge in [0.2, 0.25) is 0 Å². The molecule has 0 aromatic heterocycles. The van der Waals surface area contributed by atoms with Gasteiger partial charge in [-0.05, 0) is 48.4 Å². The Labute approximate surface area is 303 Å². The highest BCUT2D eigenvalue weighted by atomic mass is 32.2. The number of fused-ring (bicyclic) bond motifs is 2. The number of benzene rings is 3. The molecule has 0 bridgehead atoms. The Kier molecular flexibility index (Phi) is 12.9. The number of carbonyl (C=O) groups is 4. The maximum absolute atomic E-state index is 12.6. The van der Waals surface area contributed by atoms with Crippen LogP contribution < -0.4 is 21.5 Å². The Bertz CT molecular complexity index is 2010. The molecule has 282 valence electrons. The number of ether oxygens (including phenoxy) is 2. The van der Waals surface area contributed by atoms with Crippen molar-refractivity contribution in [3.63, 3.8) is 0 Å². The van der Waals surface area contributed by atoms with E-state index in [-0.39, 0.29) is 71.0 Å². The summed E-state index contributed by atoms with van der Waals surface area (Å²) in [7, 11) is 0. The fourth-order valence-electron chi connectivity index (χ4n) is 5.45. The van der Waals surface area contributed by atoms with Gasteiger partial charge in [0, 0.05) is 53.2 Å². The minimum atomic E-state index is -1.77. The van der Waals surface area contributed by atoms with E-state index in [1.807, 2.05) is 0 Å². The van der Waals surface area contributed by atoms with Crippen LogP contribution in [0.15, 0.2) is 63.8 Å². The summed E-state index contributed by atoms with van der Waals surface area (Å²) in [5.41, 5.74) is 3.52. The quantitative estimate of drug-likeness (QED) is 0.0532. The first-order valence-electron chi connectivity index (χ1n) is 16.0. The Morgan fingerprint density at radius 3 is 2.45 bits per heavy atom. The van der Waals surface area contributed by atoms with Gasteiger partial charge in [0.25, 0.3) is 5.24 Å². The molecule has 2 aliphatic heterocycles. The van der Waals surface area contributed by atoms with Crippen LogP contribution in [0.2, 0.25) is 0 Å². The van der Waals surface area contributed by atoms with Crippen molar-refractivity contribution in [1.29, 1.82) is 0 Å². The zero-order valence-corrected chi connectivity index (χ0v) is 28.4. The molecule has 2 aromatic carbocycles. The topological polar surface area (TPSA) is 284 Å². The van der Waals surface area contributed by atoms with Gasteiger partial charge in [0.05, 0.1) is 18.6 Å². The predicted molar refractivity (Wildman–Crippen MR) is 186 cm³/mol. The molecule has 5 rings (SSSR count). The number of carboxylic acid groups (broad SMARTS) is 1. The van der Waals surface area contributed by atoms with Gasteiger partial charge >= 0.3 is 18.0 Å².